The molecule has 0 aromatic heterocycles. The van der Waals surface area contributed by atoms with Gasteiger partial charge in [0.15, 0.2) is 0 Å². The van der Waals surface area contributed by atoms with Crippen molar-refractivity contribution in [2.75, 3.05) is 25.9 Å². The first-order valence-corrected chi connectivity index (χ1v) is 6.40. The van der Waals surface area contributed by atoms with Gasteiger partial charge in [-0.05, 0) is 24.6 Å². The highest BCUT2D eigenvalue weighted by molar-refractivity contribution is 6.31. The van der Waals surface area contributed by atoms with Crippen molar-refractivity contribution in [2.24, 2.45) is 0 Å². The van der Waals surface area contributed by atoms with Gasteiger partial charge in [0.05, 0.1) is 12.1 Å². The summed E-state index contributed by atoms with van der Waals surface area (Å²) in [5, 5.41) is 3.14. The molecule has 0 aliphatic heterocycles. The van der Waals surface area contributed by atoms with Crippen LogP contribution in [0.25, 0.3) is 0 Å². The molecule has 104 valence electrons. The predicted octanol–water partition coefficient (Wildman–Crippen LogP) is 1.52. The monoisotopic (exact) mass is 283 g/mol. The molecule has 1 aromatic carbocycles. The second-order valence-electron chi connectivity index (χ2n) is 4.24. The molecule has 1 rings (SSSR count). The van der Waals surface area contributed by atoms with Crippen molar-refractivity contribution in [3.8, 4) is 0 Å². The van der Waals surface area contributed by atoms with E-state index in [9.17, 15) is 9.59 Å². The van der Waals surface area contributed by atoms with Crippen LogP contribution in [0.15, 0.2) is 18.2 Å². The minimum Gasteiger partial charge on any atom is -0.398 e. The normalized spacial score (nSPS) is 10.1. The zero-order chi connectivity index (χ0) is 14.4. The molecule has 0 aliphatic rings. The summed E-state index contributed by atoms with van der Waals surface area (Å²) in [6, 6.07) is 4.68. The first-order valence-electron chi connectivity index (χ1n) is 6.03. The van der Waals surface area contributed by atoms with E-state index in [2.05, 4.69) is 5.32 Å². The number of nitrogens with two attached hydrogens (primary N) is 1. The summed E-state index contributed by atoms with van der Waals surface area (Å²) in [7, 11) is 1.55. The summed E-state index contributed by atoms with van der Waals surface area (Å²) >= 11 is 5.83. The molecule has 0 aliphatic carbocycles. The Morgan fingerprint density at radius 3 is 2.74 bits per heavy atom. The van der Waals surface area contributed by atoms with Crippen LogP contribution in [0.5, 0.6) is 0 Å². The van der Waals surface area contributed by atoms with Gasteiger partial charge in [-0.2, -0.15) is 0 Å². The molecule has 0 unspecified atom stereocenters. The van der Waals surface area contributed by atoms with Crippen LogP contribution in [0.4, 0.5) is 5.69 Å². The molecular weight excluding hydrogens is 266 g/mol. The van der Waals surface area contributed by atoms with E-state index in [0.717, 1.165) is 6.42 Å². The number of halogens is 1. The van der Waals surface area contributed by atoms with Gasteiger partial charge in [0.2, 0.25) is 5.91 Å². The van der Waals surface area contributed by atoms with E-state index < -0.39 is 0 Å². The van der Waals surface area contributed by atoms with E-state index in [1.165, 1.54) is 11.0 Å². The van der Waals surface area contributed by atoms with E-state index in [1.807, 2.05) is 6.92 Å². The van der Waals surface area contributed by atoms with Crippen LogP contribution in [-0.4, -0.2) is 36.9 Å². The van der Waals surface area contributed by atoms with Crippen molar-refractivity contribution in [1.82, 2.24) is 10.2 Å². The summed E-state index contributed by atoms with van der Waals surface area (Å²) in [6.45, 7) is 2.55. The van der Waals surface area contributed by atoms with Gasteiger partial charge < -0.3 is 16.0 Å². The lowest BCUT2D eigenvalue weighted by Crippen LogP contribution is -2.38. The molecular formula is C13H18ClN3O2. The molecule has 2 amide bonds. The molecule has 0 atom stereocenters. The van der Waals surface area contributed by atoms with Crippen molar-refractivity contribution in [3.63, 3.8) is 0 Å². The summed E-state index contributed by atoms with van der Waals surface area (Å²) in [5.41, 5.74) is 6.38. The van der Waals surface area contributed by atoms with Crippen LogP contribution >= 0.6 is 11.6 Å². The Balaban J connectivity index is 2.71. The first-order chi connectivity index (χ1) is 8.95. The lowest BCUT2D eigenvalue weighted by molar-refractivity contribution is -0.121. The smallest absolute Gasteiger partial charge is 0.256 e. The standard InChI is InChI=1S/C13H18ClN3O2/c1-3-6-16-12(18)8-17(2)13(19)10-7-9(14)4-5-11(10)15/h4-5,7H,3,6,8,15H2,1-2H3,(H,16,18). The topological polar surface area (TPSA) is 75.4 Å². The number of amides is 2. The molecule has 1 aromatic rings. The number of hydrogen-bond acceptors (Lipinski definition) is 3. The summed E-state index contributed by atoms with van der Waals surface area (Å²) in [5.74, 6) is -0.523. The summed E-state index contributed by atoms with van der Waals surface area (Å²) in [4.78, 5) is 25.0. The minimum atomic E-state index is -0.327. The summed E-state index contributed by atoms with van der Waals surface area (Å²) in [6.07, 6.45) is 0.852. The van der Waals surface area contributed by atoms with Crippen LogP contribution < -0.4 is 11.1 Å². The number of nitrogens with one attached hydrogen (secondary N) is 1. The number of hydrogen-bond donors (Lipinski definition) is 2. The van der Waals surface area contributed by atoms with Gasteiger partial charge in [-0.3, -0.25) is 9.59 Å². The number of nitrogens with zero attached hydrogens (tertiary/aromatic N) is 1. The van der Waals surface area contributed by atoms with E-state index in [1.54, 1.807) is 19.2 Å². The number of anilines is 1. The predicted molar refractivity (Wildman–Crippen MR) is 76.1 cm³/mol. The largest absolute Gasteiger partial charge is 0.398 e. The lowest BCUT2D eigenvalue weighted by Gasteiger charge is -2.17. The van der Waals surface area contributed by atoms with Crippen molar-refractivity contribution < 1.29 is 9.59 Å². The Bertz CT molecular complexity index is 477. The maximum absolute atomic E-state index is 12.1. The molecule has 0 saturated heterocycles. The fraction of sp³-hybridized carbons (Fsp3) is 0.385. The Kier molecular flexibility index (Phi) is 5.63. The number of benzene rings is 1. The van der Waals surface area contributed by atoms with Crippen molar-refractivity contribution in [1.29, 1.82) is 0 Å². The molecule has 3 N–H and O–H groups in total. The van der Waals surface area contributed by atoms with Gasteiger partial charge in [0.1, 0.15) is 0 Å². The average Bonchev–Trinajstić information content (AvgIpc) is 2.38. The highest BCUT2D eigenvalue weighted by Gasteiger charge is 2.17. The van der Waals surface area contributed by atoms with Gasteiger partial charge in [0, 0.05) is 24.3 Å². The maximum atomic E-state index is 12.1. The fourth-order valence-electron chi connectivity index (χ4n) is 1.53. The second-order valence-corrected chi connectivity index (χ2v) is 4.68. The molecule has 0 fully saturated rings. The Labute approximate surface area is 117 Å². The molecule has 5 nitrogen and oxygen atoms in total. The third kappa shape index (κ3) is 4.44. The zero-order valence-electron chi connectivity index (χ0n) is 11.1. The van der Waals surface area contributed by atoms with Crippen LogP contribution in [0.2, 0.25) is 5.02 Å². The zero-order valence-corrected chi connectivity index (χ0v) is 11.8. The van der Waals surface area contributed by atoms with Crippen LogP contribution in [0.1, 0.15) is 23.7 Å². The quantitative estimate of drug-likeness (QED) is 0.805. The number of carbonyl (C=O) groups excluding carboxylic acids is 2. The number of nitrogen functional groups attached to an aromatic ring is 1. The minimum absolute atomic E-state index is 0.00914. The Hall–Kier alpha value is -1.75. The first kappa shape index (κ1) is 15.3. The lowest BCUT2D eigenvalue weighted by atomic mass is 10.1. The second kappa shape index (κ2) is 6.99. The van der Waals surface area contributed by atoms with Gasteiger partial charge >= 0.3 is 0 Å². The molecule has 19 heavy (non-hydrogen) atoms. The molecule has 0 radical (unpaired) electrons. The average molecular weight is 284 g/mol. The van der Waals surface area contributed by atoms with Crippen molar-refractivity contribution in [2.45, 2.75) is 13.3 Å². The highest BCUT2D eigenvalue weighted by atomic mass is 35.5. The van der Waals surface area contributed by atoms with Crippen LogP contribution in [0, 0.1) is 0 Å². The fourth-order valence-corrected chi connectivity index (χ4v) is 1.70. The summed E-state index contributed by atoms with van der Waals surface area (Å²) < 4.78 is 0. The third-order valence-corrected chi connectivity index (χ3v) is 2.78. The van der Waals surface area contributed by atoms with Crippen molar-refractivity contribution in [3.05, 3.63) is 28.8 Å². The highest BCUT2D eigenvalue weighted by Crippen LogP contribution is 2.19. The van der Waals surface area contributed by atoms with E-state index in [-0.39, 0.29) is 18.4 Å². The van der Waals surface area contributed by atoms with Gasteiger partial charge in [0.25, 0.3) is 5.91 Å². The molecule has 0 bridgehead atoms. The number of rotatable bonds is 5. The Morgan fingerprint density at radius 1 is 1.42 bits per heavy atom. The van der Waals surface area contributed by atoms with Gasteiger partial charge in [-0.25, -0.2) is 0 Å². The van der Waals surface area contributed by atoms with E-state index >= 15 is 0 Å². The van der Waals surface area contributed by atoms with Gasteiger partial charge in [-0.15, -0.1) is 0 Å². The molecule has 6 heteroatoms. The van der Waals surface area contributed by atoms with Gasteiger partial charge in [-0.1, -0.05) is 18.5 Å². The van der Waals surface area contributed by atoms with Crippen LogP contribution in [-0.2, 0) is 4.79 Å². The molecule has 0 heterocycles. The third-order valence-electron chi connectivity index (χ3n) is 2.55. The van der Waals surface area contributed by atoms with Crippen molar-refractivity contribution >= 4 is 29.1 Å². The van der Waals surface area contributed by atoms with Crippen LogP contribution in [0.3, 0.4) is 0 Å². The number of likely N-dealkylation sites (N-methyl/N-ethyl adjacent to an activating group) is 1. The van der Waals surface area contributed by atoms with E-state index in [4.69, 9.17) is 17.3 Å². The molecule has 0 spiro atoms. The SMILES string of the molecule is CCCNC(=O)CN(C)C(=O)c1cc(Cl)ccc1N. The number of carbonyl (C=O) groups is 2. The molecule has 0 saturated carbocycles. The maximum Gasteiger partial charge on any atom is 0.256 e. The Morgan fingerprint density at radius 2 is 2.11 bits per heavy atom. The van der Waals surface area contributed by atoms with E-state index in [0.29, 0.717) is 22.8 Å².